The Morgan fingerprint density at radius 2 is 1.70 bits per heavy atom. The fourth-order valence-electron chi connectivity index (χ4n) is 2.21. The Morgan fingerprint density at radius 3 is 2.22 bits per heavy atom. The van der Waals surface area contributed by atoms with Crippen LogP contribution in [0.15, 0.2) is 62.3 Å². The fraction of sp³-hybridized carbons (Fsp3) is 0.176. The number of hydrogen-bond acceptors (Lipinski definition) is 6. The molecule has 10 heteroatoms. The Hall–Kier alpha value is -2.88. The molecule has 1 heterocycles. The molecule has 0 aliphatic heterocycles. The summed E-state index contributed by atoms with van der Waals surface area (Å²) in [5.74, 6) is -0.974. The molecule has 27 heavy (non-hydrogen) atoms. The van der Waals surface area contributed by atoms with Crippen LogP contribution in [0.5, 0.6) is 5.75 Å². The molecule has 0 saturated carbocycles. The number of benzene rings is 2. The van der Waals surface area contributed by atoms with Gasteiger partial charge in [-0.15, -0.1) is 0 Å². The number of aromatic nitrogens is 2. The monoisotopic (exact) mass is 397 g/mol. The van der Waals surface area contributed by atoms with Crippen LogP contribution in [-0.4, -0.2) is 27.7 Å². The Labute approximate surface area is 153 Å². The minimum Gasteiger partial charge on any atom is -0.497 e. The number of ether oxygens (including phenoxy) is 1. The van der Waals surface area contributed by atoms with Crippen molar-refractivity contribution in [3.8, 4) is 17.1 Å². The highest BCUT2D eigenvalue weighted by atomic mass is 32.2. The molecule has 2 aromatic carbocycles. The zero-order chi connectivity index (χ0) is 19.7. The van der Waals surface area contributed by atoms with Crippen molar-refractivity contribution in [2.75, 3.05) is 13.4 Å². The first-order chi connectivity index (χ1) is 12.7. The third kappa shape index (κ3) is 4.27. The highest BCUT2D eigenvalue weighted by Crippen LogP contribution is 2.30. The largest absolute Gasteiger partial charge is 0.497 e. The molecule has 1 atom stereocenters. The maximum Gasteiger partial charge on any atom is 0.471 e. The van der Waals surface area contributed by atoms with E-state index in [-0.39, 0.29) is 5.82 Å². The van der Waals surface area contributed by atoms with Crippen LogP contribution in [-0.2, 0) is 15.9 Å². The number of hydrogen-bond donors (Lipinski definition) is 0. The zero-order valence-electron chi connectivity index (χ0n) is 14.2. The van der Waals surface area contributed by atoms with Crippen molar-refractivity contribution >= 4 is 15.4 Å². The summed E-state index contributed by atoms with van der Waals surface area (Å²) in [6, 6.07) is 12.7. The van der Waals surface area contributed by atoms with Gasteiger partial charge in [0.15, 0.2) is 0 Å². The predicted octanol–water partition coefficient (Wildman–Crippen LogP) is 4.55. The van der Waals surface area contributed by atoms with Crippen molar-refractivity contribution in [2.24, 2.45) is 4.36 Å². The third-order valence-corrected chi connectivity index (χ3v) is 5.28. The van der Waals surface area contributed by atoms with Gasteiger partial charge < -0.3 is 9.26 Å². The Balaban J connectivity index is 1.88. The van der Waals surface area contributed by atoms with Crippen LogP contribution >= 0.6 is 0 Å². The zero-order valence-corrected chi connectivity index (χ0v) is 15.0. The van der Waals surface area contributed by atoms with Gasteiger partial charge in [-0.2, -0.15) is 22.5 Å². The number of rotatable bonds is 4. The molecule has 0 spiro atoms. The molecule has 142 valence electrons. The molecule has 0 aliphatic rings. The minimum absolute atomic E-state index is 0.205. The van der Waals surface area contributed by atoms with Crippen LogP contribution in [0.2, 0.25) is 0 Å². The van der Waals surface area contributed by atoms with Crippen LogP contribution in [0.1, 0.15) is 5.89 Å². The van der Waals surface area contributed by atoms with Gasteiger partial charge in [0.2, 0.25) is 5.82 Å². The lowest BCUT2D eigenvalue weighted by atomic mass is 10.2. The summed E-state index contributed by atoms with van der Waals surface area (Å²) in [5, 5.41) is 3.32. The van der Waals surface area contributed by atoms with E-state index in [0.29, 0.717) is 21.9 Å². The first kappa shape index (κ1) is 18.9. The molecule has 1 unspecified atom stereocenters. The molecule has 3 aromatic rings. The van der Waals surface area contributed by atoms with E-state index in [4.69, 9.17) is 4.74 Å². The second-order valence-electron chi connectivity index (χ2n) is 5.54. The average Bonchev–Trinajstić information content (AvgIpc) is 3.13. The number of alkyl halides is 3. The lowest BCUT2D eigenvalue weighted by molar-refractivity contribution is -0.159. The molecule has 0 fully saturated rings. The van der Waals surface area contributed by atoms with Crippen LogP contribution in [0.4, 0.5) is 18.9 Å². The molecule has 0 N–H and O–H groups in total. The van der Waals surface area contributed by atoms with E-state index in [1.165, 1.54) is 37.6 Å². The van der Waals surface area contributed by atoms with E-state index in [0.717, 1.165) is 0 Å². The normalized spacial score (nSPS) is 13.8. The van der Waals surface area contributed by atoms with Crippen LogP contribution in [0, 0.1) is 0 Å². The standard InChI is InChI=1S/C17H14F3N3O3S/c1-25-13-7-5-12(6-8-13)23-27(2,24)14-9-3-11(4-10-14)15-21-16(26-22-15)17(18,19)20/h3-10H,1-2H3. The van der Waals surface area contributed by atoms with Crippen molar-refractivity contribution in [1.29, 1.82) is 0 Å². The van der Waals surface area contributed by atoms with E-state index < -0.39 is 21.8 Å². The van der Waals surface area contributed by atoms with Gasteiger partial charge in [-0.25, -0.2) is 4.21 Å². The van der Waals surface area contributed by atoms with Gasteiger partial charge in [-0.05, 0) is 48.5 Å². The SMILES string of the molecule is COc1ccc(N=S(C)(=O)c2ccc(-c3noc(C(F)(F)F)n3)cc2)cc1. The molecular formula is C17H14F3N3O3S. The average molecular weight is 397 g/mol. The van der Waals surface area contributed by atoms with Crippen LogP contribution in [0.3, 0.4) is 0 Å². The van der Waals surface area contributed by atoms with Crippen LogP contribution in [0.25, 0.3) is 11.4 Å². The second kappa shape index (κ2) is 7.03. The molecule has 0 bridgehead atoms. The van der Waals surface area contributed by atoms with Crippen molar-refractivity contribution in [1.82, 2.24) is 10.1 Å². The fourth-order valence-corrected chi connectivity index (χ4v) is 3.48. The van der Waals surface area contributed by atoms with Gasteiger partial charge in [0.1, 0.15) is 5.75 Å². The number of methoxy groups -OCH3 is 1. The summed E-state index contributed by atoms with van der Waals surface area (Å²) in [6.45, 7) is 0. The van der Waals surface area contributed by atoms with Gasteiger partial charge in [0, 0.05) is 16.7 Å². The Kier molecular flexibility index (Phi) is 4.92. The highest BCUT2D eigenvalue weighted by molar-refractivity contribution is 7.93. The molecule has 0 saturated heterocycles. The Morgan fingerprint density at radius 1 is 1.07 bits per heavy atom. The van der Waals surface area contributed by atoms with Crippen molar-refractivity contribution in [3.63, 3.8) is 0 Å². The lowest BCUT2D eigenvalue weighted by Gasteiger charge is -2.06. The summed E-state index contributed by atoms with van der Waals surface area (Å²) >= 11 is 0. The quantitative estimate of drug-likeness (QED) is 0.645. The summed E-state index contributed by atoms with van der Waals surface area (Å²) < 4.78 is 64.0. The number of halogens is 3. The van der Waals surface area contributed by atoms with Gasteiger partial charge in [-0.1, -0.05) is 5.16 Å². The topological polar surface area (TPSA) is 77.6 Å². The van der Waals surface area contributed by atoms with Crippen molar-refractivity contribution in [2.45, 2.75) is 11.1 Å². The van der Waals surface area contributed by atoms with Gasteiger partial charge in [-0.3, -0.25) is 0 Å². The predicted molar refractivity (Wildman–Crippen MR) is 92.2 cm³/mol. The van der Waals surface area contributed by atoms with E-state index in [2.05, 4.69) is 19.0 Å². The first-order valence-corrected chi connectivity index (χ1v) is 9.49. The first-order valence-electron chi connectivity index (χ1n) is 7.56. The van der Waals surface area contributed by atoms with E-state index in [1.807, 2.05) is 0 Å². The smallest absolute Gasteiger partial charge is 0.471 e. The van der Waals surface area contributed by atoms with Crippen LogP contribution < -0.4 is 4.74 Å². The minimum atomic E-state index is -4.71. The molecule has 6 nitrogen and oxygen atoms in total. The van der Waals surface area contributed by atoms with E-state index >= 15 is 0 Å². The molecule has 0 amide bonds. The molecule has 0 aliphatic carbocycles. The highest BCUT2D eigenvalue weighted by Gasteiger charge is 2.38. The van der Waals surface area contributed by atoms with Gasteiger partial charge in [0.25, 0.3) is 0 Å². The summed E-state index contributed by atoms with van der Waals surface area (Å²) in [4.78, 5) is 3.74. The summed E-state index contributed by atoms with van der Waals surface area (Å²) in [6.07, 6.45) is -3.23. The van der Waals surface area contributed by atoms with Gasteiger partial charge >= 0.3 is 12.1 Å². The molecule has 0 radical (unpaired) electrons. The Bertz CT molecular complexity index is 1050. The molecule has 3 rings (SSSR count). The van der Waals surface area contributed by atoms with Crippen molar-refractivity contribution < 1.29 is 26.6 Å². The molecular weight excluding hydrogens is 383 g/mol. The number of nitrogens with zero attached hydrogens (tertiary/aromatic N) is 3. The second-order valence-corrected chi connectivity index (χ2v) is 7.80. The summed E-state index contributed by atoms with van der Waals surface area (Å²) in [5.41, 5.74) is 0.818. The van der Waals surface area contributed by atoms with Gasteiger partial charge in [0.05, 0.1) is 22.5 Å². The van der Waals surface area contributed by atoms with E-state index in [9.17, 15) is 17.4 Å². The molecule has 1 aromatic heterocycles. The third-order valence-electron chi connectivity index (χ3n) is 3.57. The van der Waals surface area contributed by atoms with Crippen molar-refractivity contribution in [3.05, 3.63) is 54.4 Å². The lowest BCUT2D eigenvalue weighted by Crippen LogP contribution is -2.04. The maximum absolute atomic E-state index is 12.9. The van der Waals surface area contributed by atoms with E-state index in [1.54, 1.807) is 24.3 Å². The summed E-state index contributed by atoms with van der Waals surface area (Å²) in [7, 11) is -1.22. The maximum atomic E-state index is 12.9.